The Morgan fingerprint density at radius 1 is 1.08 bits per heavy atom. The number of fused-ring (bicyclic) bond motifs is 1. The third-order valence-corrected chi connectivity index (χ3v) is 5.72. The number of benzene rings is 2. The lowest BCUT2D eigenvalue weighted by Crippen LogP contribution is -2.52. The molecule has 2 aromatic carbocycles. The second-order valence-electron chi connectivity index (χ2n) is 7.27. The standard InChI is InChI=1S/C21H27ClN2O2/c1-23(2)18-10-6-7-11-19(18)24(3)20(25)14-26-21-16-9-5-4-8-15(16)12-13-17(21)22/h4-5,8-9,12-13,18-19H,6-7,10-11,14H2,1-3H3/t18-,19-/m1/s1. The van der Waals surface area contributed by atoms with Crippen LogP contribution in [0.5, 0.6) is 5.75 Å². The molecule has 26 heavy (non-hydrogen) atoms. The Kier molecular flexibility index (Phi) is 6.05. The normalized spacial score (nSPS) is 20.3. The summed E-state index contributed by atoms with van der Waals surface area (Å²) in [6.45, 7) is 0.000869. The summed E-state index contributed by atoms with van der Waals surface area (Å²) in [5, 5.41) is 2.51. The predicted octanol–water partition coefficient (Wildman–Crippen LogP) is 4.20. The van der Waals surface area contributed by atoms with Crippen LogP contribution >= 0.6 is 11.6 Å². The van der Waals surface area contributed by atoms with Crippen molar-refractivity contribution in [1.29, 1.82) is 0 Å². The first-order chi connectivity index (χ1) is 12.5. The van der Waals surface area contributed by atoms with Crippen LogP contribution in [0.1, 0.15) is 25.7 Å². The number of rotatable bonds is 5. The van der Waals surface area contributed by atoms with Gasteiger partial charge < -0.3 is 14.5 Å². The fraction of sp³-hybridized carbons (Fsp3) is 0.476. The number of carbonyl (C=O) groups is 1. The summed E-state index contributed by atoms with van der Waals surface area (Å²) in [6.07, 6.45) is 4.57. The van der Waals surface area contributed by atoms with Gasteiger partial charge in [-0.3, -0.25) is 4.79 Å². The van der Waals surface area contributed by atoms with E-state index in [-0.39, 0.29) is 18.6 Å². The lowest BCUT2D eigenvalue weighted by Gasteiger charge is -2.41. The number of hydrogen-bond donors (Lipinski definition) is 0. The van der Waals surface area contributed by atoms with Crippen LogP contribution in [0.2, 0.25) is 5.02 Å². The quantitative estimate of drug-likeness (QED) is 0.786. The molecule has 0 aliphatic heterocycles. The SMILES string of the molecule is CN(C)[C@@H]1CCCC[C@H]1N(C)C(=O)COc1c(Cl)ccc2ccccc12. The third kappa shape index (κ3) is 3.97. The van der Waals surface area contributed by atoms with Gasteiger partial charge in [-0.15, -0.1) is 0 Å². The number of halogens is 1. The Morgan fingerprint density at radius 3 is 2.50 bits per heavy atom. The van der Waals surface area contributed by atoms with E-state index in [0.717, 1.165) is 23.6 Å². The Bertz CT molecular complexity index is 778. The van der Waals surface area contributed by atoms with Crippen molar-refractivity contribution in [3.8, 4) is 5.75 Å². The van der Waals surface area contributed by atoms with Gasteiger partial charge in [0, 0.05) is 24.5 Å². The van der Waals surface area contributed by atoms with Crippen molar-refractivity contribution in [2.75, 3.05) is 27.7 Å². The lowest BCUT2D eigenvalue weighted by molar-refractivity contribution is -0.136. The molecule has 2 atom stereocenters. The average Bonchev–Trinajstić information content (AvgIpc) is 2.66. The van der Waals surface area contributed by atoms with Gasteiger partial charge in [0.1, 0.15) is 5.75 Å². The number of carbonyl (C=O) groups excluding carboxylic acids is 1. The van der Waals surface area contributed by atoms with Crippen LogP contribution in [-0.4, -0.2) is 55.5 Å². The van der Waals surface area contributed by atoms with E-state index in [1.54, 1.807) is 0 Å². The van der Waals surface area contributed by atoms with E-state index in [1.807, 2.05) is 48.3 Å². The molecule has 0 bridgehead atoms. The second kappa shape index (κ2) is 8.28. The summed E-state index contributed by atoms with van der Waals surface area (Å²) in [4.78, 5) is 16.9. The molecule has 1 fully saturated rings. The van der Waals surface area contributed by atoms with E-state index in [9.17, 15) is 4.79 Å². The first-order valence-corrected chi connectivity index (χ1v) is 9.59. The number of amides is 1. The molecule has 2 aromatic rings. The Balaban J connectivity index is 1.72. The van der Waals surface area contributed by atoms with Crippen molar-refractivity contribution >= 4 is 28.3 Å². The maximum atomic E-state index is 12.8. The van der Waals surface area contributed by atoms with Gasteiger partial charge in [0.2, 0.25) is 0 Å². The molecule has 0 heterocycles. The smallest absolute Gasteiger partial charge is 0.260 e. The van der Waals surface area contributed by atoms with Crippen LogP contribution in [0.4, 0.5) is 0 Å². The fourth-order valence-corrected chi connectivity index (χ4v) is 4.15. The zero-order valence-corrected chi connectivity index (χ0v) is 16.5. The van der Waals surface area contributed by atoms with Crippen molar-refractivity contribution in [1.82, 2.24) is 9.80 Å². The van der Waals surface area contributed by atoms with Crippen molar-refractivity contribution in [2.45, 2.75) is 37.8 Å². The van der Waals surface area contributed by atoms with E-state index in [2.05, 4.69) is 19.0 Å². The third-order valence-electron chi connectivity index (χ3n) is 5.42. The minimum absolute atomic E-state index is 0.000869. The highest BCUT2D eigenvalue weighted by Gasteiger charge is 2.32. The molecule has 140 valence electrons. The van der Waals surface area contributed by atoms with Crippen molar-refractivity contribution in [3.63, 3.8) is 0 Å². The molecule has 1 aliphatic carbocycles. The summed E-state index contributed by atoms with van der Waals surface area (Å²) < 4.78 is 5.88. The molecule has 0 radical (unpaired) electrons. The molecule has 3 rings (SSSR count). The maximum Gasteiger partial charge on any atom is 0.260 e. The molecular formula is C21H27ClN2O2. The van der Waals surface area contributed by atoms with Crippen molar-refractivity contribution in [3.05, 3.63) is 41.4 Å². The first kappa shape index (κ1) is 19.0. The minimum atomic E-state index is -0.00671. The summed E-state index contributed by atoms with van der Waals surface area (Å²) in [7, 11) is 6.07. The number of nitrogens with zero attached hydrogens (tertiary/aromatic N) is 2. The van der Waals surface area contributed by atoms with Gasteiger partial charge >= 0.3 is 0 Å². The van der Waals surface area contributed by atoms with E-state index in [0.29, 0.717) is 16.8 Å². The predicted molar refractivity (Wildman–Crippen MR) is 107 cm³/mol. The monoisotopic (exact) mass is 374 g/mol. The van der Waals surface area contributed by atoms with Crippen LogP contribution < -0.4 is 4.74 Å². The zero-order valence-electron chi connectivity index (χ0n) is 15.7. The Morgan fingerprint density at radius 2 is 1.77 bits per heavy atom. The molecular weight excluding hydrogens is 348 g/mol. The fourth-order valence-electron chi connectivity index (χ4n) is 3.93. The van der Waals surface area contributed by atoms with Gasteiger partial charge in [0.25, 0.3) is 5.91 Å². The topological polar surface area (TPSA) is 32.8 Å². The summed E-state index contributed by atoms with van der Waals surface area (Å²) in [6, 6.07) is 12.3. The highest BCUT2D eigenvalue weighted by molar-refractivity contribution is 6.33. The highest BCUT2D eigenvalue weighted by atomic mass is 35.5. The molecule has 0 N–H and O–H groups in total. The van der Waals surface area contributed by atoms with Crippen LogP contribution in [0.3, 0.4) is 0 Å². The molecule has 1 saturated carbocycles. The second-order valence-corrected chi connectivity index (χ2v) is 7.68. The molecule has 4 nitrogen and oxygen atoms in total. The highest BCUT2D eigenvalue weighted by Crippen LogP contribution is 2.33. The van der Waals surface area contributed by atoms with Gasteiger partial charge in [-0.1, -0.05) is 54.8 Å². The van der Waals surface area contributed by atoms with Crippen LogP contribution in [0, 0.1) is 0 Å². The van der Waals surface area contributed by atoms with Gasteiger partial charge in [-0.2, -0.15) is 0 Å². The number of ether oxygens (including phenoxy) is 1. The van der Waals surface area contributed by atoms with Crippen molar-refractivity contribution < 1.29 is 9.53 Å². The van der Waals surface area contributed by atoms with Crippen LogP contribution in [-0.2, 0) is 4.79 Å². The first-order valence-electron chi connectivity index (χ1n) is 9.21. The summed E-state index contributed by atoms with van der Waals surface area (Å²) in [5.41, 5.74) is 0. The molecule has 0 spiro atoms. The molecule has 0 saturated heterocycles. The van der Waals surface area contributed by atoms with Crippen LogP contribution in [0.25, 0.3) is 10.8 Å². The maximum absolute atomic E-state index is 12.8. The summed E-state index contributed by atoms with van der Waals surface area (Å²) >= 11 is 6.32. The van der Waals surface area contributed by atoms with E-state index < -0.39 is 0 Å². The van der Waals surface area contributed by atoms with Crippen molar-refractivity contribution in [2.24, 2.45) is 0 Å². The van der Waals surface area contributed by atoms with E-state index in [1.165, 1.54) is 12.8 Å². The Hall–Kier alpha value is -1.78. The van der Waals surface area contributed by atoms with Gasteiger partial charge in [0.05, 0.1) is 5.02 Å². The molecule has 0 aromatic heterocycles. The summed E-state index contributed by atoms with van der Waals surface area (Å²) in [5.74, 6) is 0.576. The molecule has 5 heteroatoms. The zero-order chi connectivity index (χ0) is 18.7. The van der Waals surface area contributed by atoms with E-state index >= 15 is 0 Å². The largest absolute Gasteiger partial charge is 0.482 e. The molecule has 0 unspecified atom stereocenters. The van der Waals surface area contributed by atoms with Gasteiger partial charge in [-0.05, 0) is 38.4 Å². The lowest BCUT2D eigenvalue weighted by atomic mass is 9.88. The molecule has 1 aliphatic rings. The number of hydrogen-bond acceptors (Lipinski definition) is 3. The minimum Gasteiger partial charge on any atom is -0.482 e. The number of likely N-dealkylation sites (N-methyl/N-ethyl adjacent to an activating group) is 2. The van der Waals surface area contributed by atoms with Gasteiger partial charge in [-0.25, -0.2) is 0 Å². The van der Waals surface area contributed by atoms with E-state index in [4.69, 9.17) is 16.3 Å². The molecule has 1 amide bonds. The van der Waals surface area contributed by atoms with Crippen LogP contribution in [0.15, 0.2) is 36.4 Å². The van der Waals surface area contributed by atoms with Gasteiger partial charge in [0.15, 0.2) is 6.61 Å². The Labute approximate surface area is 160 Å². The average molecular weight is 375 g/mol.